The molecule has 6 nitrogen and oxygen atoms in total. The third-order valence-corrected chi connectivity index (χ3v) is 6.00. The van der Waals surface area contributed by atoms with Gasteiger partial charge in [0.05, 0.1) is 5.69 Å². The van der Waals surface area contributed by atoms with E-state index in [0.717, 1.165) is 52.4 Å². The number of ether oxygens (including phenoxy) is 1. The second-order valence-electron chi connectivity index (χ2n) is 7.15. The number of tetrazole rings is 1. The SMILES string of the molecule is Clc1ccc(COc2ccc(CNCCCSc3nnnn3-c3ccccc3)cc2)cc1. The van der Waals surface area contributed by atoms with Gasteiger partial charge in [0.1, 0.15) is 12.4 Å². The number of thioether (sulfide) groups is 1. The fraction of sp³-hybridized carbons (Fsp3) is 0.208. The fourth-order valence-electron chi connectivity index (χ4n) is 3.04. The molecule has 32 heavy (non-hydrogen) atoms. The zero-order valence-electron chi connectivity index (χ0n) is 17.5. The van der Waals surface area contributed by atoms with E-state index < -0.39 is 0 Å². The van der Waals surface area contributed by atoms with E-state index in [2.05, 4.69) is 33.0 Å². The minimum Gasteiger partial charge on any atom is -0.489 e. The Balaban J connectivity index is 1.14. The molecule has 0 fully saturated rings. The molecule has 4 aromatic rings. The van der Waals surface area contributed by atoms with E-state index in [0.29, 0.717) is 6.61 Å². The summed E-state index contributed by atoms with van der Waals surface area (Å²) in [6, 6.07) is 25.8. The summed E-state index contributed by atoms with van der Waals surface area (Å²) in [4.78, 5) is 0. The molecular formula is C24H24ClN5OS. The Morgan fingerprint density at radius 2 is 1.66 bits per heavy atom. The number of benzene rings is 3. The highest BCUT2D eigenvalue weighted by Crippen LogP contribution is 2.19. The Bertz CT molecular complexity index is 1090. The van der Waals surface area contributed by atoms with Crippen molar-refractivity contribution < 1.29 is 4.74 Å². The molecule has 164 valence electrons. The average molecular weight is 466 g/mol. The molecule has 1 aromatic heterocycles. The molecule has 0 saturated carbocycles. The van der Waals surface area contributed by atoms with Crippen LogP contribution >= 0.6 is 23.4 Å². The van der Waals surface area contributed by atoms with Gasteiger partial charge in [-0.3, -0.25) is 0 Å². The maximum atomic E-state index is 5.91. The smallest absolute Gasteiger partial charge is 0.214 e. The highest BCUT2D eigenvalue weighted by Gasteiger charge is 2.08. The minimum atomic E-state index is 0.528. The average Bonchev–Trinajstić information content (AvgIpc) is 3.31. The number of aromatic nitrogens is 4. The predicted molar refractivity (Wildman–Crippen MR) is 128 cm³/mol. The van der Waals surface area contributed by atoms with Gasteiger partial charge in [0, 0.05) is 17.3 Å². The van der Waals surface area contributed by atoms with Gasteiger partial charge in [0.2, 0.25) is 5.16 Å². The second-order valence-corrected chi connectivity index (χ2v) is 8.65. The molecule has 0 bridgehead atoms. The van der Waals surface area contributed by atoms with Crippen LogP contribution in [-0.2, 0) is 13.2 Å². The standard InChI is InChI=1S/C24H24ClN5OS/c25-21-11-7-20(8-12-21)18-31-23-13-9-19(10-14-23)17-26-15-4-16-32-24-27-28-29-30(24)22-5-2-1-3-6-22/h1-3,5-14,26H,4,15-18H2. The number of nitrogens with zero attached hydrogens (tertiary/aromatic N) is 4. The quantitative estimate of drug-likeness (QED) is 0.243. The van der Waals surface area contributed by atoms with Gasteiger partial charge < -0.3 is 10.1 Å². The van der Waals surface area contributed by atoms with E-state index in [1.54, 1.807) is 16.4 Å². The van der Waals surface area contributed by atoms with Crippen molar-refractivity contribution >= 4 is 23.4 Å². The van der Waals surface area contributed by atoms with Gasteiger partial charge in [-0.25, -0.2) is 0 Å². The van der Waals surface area contributed by atoms with Crippen molar-refractivity contribution in [3.63, 3.8) is 0 Å². The van der Waals surface area contributed by atoms with E-state index in [4.69, 9.17) is 16.3 Å². The molecule has 0 atom stereocenters. The van der Waals surface area contributed by atoms with E-state index in [9.17, 15) is 0 Å². The van der Waals surface area contributed by atoms with Crippen LogP contribution in [0.15, 0.2) is 84.0 Å². The third kappa shape index (κ3) is 6.56. The summed E-state index contributed by atoms with van der Waals surface area (Å²) in [6.45, 7) is 2.28. The van der Waals surface area contributed by atoms with Gasteiger partial charge in [0.15, 0.2) is 0 Å². The van der Waals surface area contributed by atoms with Crippen molar-refractivity contribution in [3.8, 4) is 11.4 Å². The molecule has 4 rings (SSSR count). The zero-order chi connectivity index (χ0) is 22.0. The molecule has 0 aliphatic rings. The largest absolute Gasteiger partial charge is 0.489 e. The molecule has 0 aliphatic heterocycles. The molecule has 0 radical (unpaired) electrons. The summed E-state index contributed by atoms with van der Waals surface area (Å²) >= 11 is 7.58. The lowest BCUT2D eigenvalue weighted by Crippen LogP contribution is -2.15. The molecule has 8 heteroatoms. The molecule has 1 heterocycles. The molecule has 3 aromatic carbocycles. The van der Waals surface area contributed by atoms with E-state index in [1.807, 2.05) is 66.7 Å². The van der Waals surface area contributed by atoms with Crippen LogP contribution < -0.4 is 10.1 Å². The zero-order valence-corrected chi connectivity index (χ0v) is 19.1. The number of hydrogen-bond acceptors (Lipinski definition) is 6. The Labute approximate surface area is 197 Å². The Morgan fingerprint density at radius 1 is 0.906 bits per heavy atom. The maximum absolute atomic E-state index is 5.91. The monoisotopic (exact) mass is 465 g/mol. The van der Waals surface area contributed by atoms with Crippen LogP contribution in [0, 0.1) is 0 Å². The highest BCUT2D eigenvalue weighted by molar-refractivity contribution is 7.99. The summed E-state index contributed by atoms with van der Waals surface area (Å²) in [7, 11) is 0. The van der Waals surface area contributed by atoms with Crippen LogP contribution in [-0.4, -0.2) is 32.5 Å². The van der Waals surface area contributed by atoms with Crippen LogP contribution in [0.3, 0.4) is 0 Å². The summed E-state index contributed by atoms with van der Waals surface area (Å²) in [6.07, 6.45) is 1.02. The van der Waals surface area contributed by atoms with Gasteiger partial charge in [-0.2, -0.15) is 4.68 Å². The van der Waals surface area contributed by atoms with Crippen molar-refractivity contribution in [1.82, 2.24) is 25.5 Å². The highest BCUT2D eigenvalue weighted by atomic mass is 35.5. The lowest BCUT2D eigenvalue weighted by Gasteiger charge is -2.08. The Kier molecular flexibility index (Phi) is 8.14. The first-order valence-electron chi connectivity index (χ1n) is 10.4. The van der Waals surface area contributed by atoms with Crippen molar-refractivity contribution in [2.45, 2.75) is 24.7 Å². The molecule has 1 N–H and O–H groups in total. The van der Waals surface area contributed by atoms with Crippen LogP contribution in [0.2, 0.25) is 5.02 Å². The molecule has 0 spiro atoms. The molecule has 0 aliphatic carbocycles. The fourth-order valence-corrected chi connectivity index (χ4v) is 4.00. The first kappa shape index (κ1) is 22.3. The van der Waals surface area contributed by atoms with Gasteiger partial charge in [-0.15, -0.1) is 5.10 Å². The Hall–Kier alpha value is -2.87. The van der Waals surface area contributed by atoms with Gasteiger partial charge in [-0.1, -0.05) is 65.8 Å². The second kappa shape index (κ2) is 11.7. The summed E-state index contributed by atoms with van der Waals surface area (Å²) < 4.78 is 7.61. The lowest BCUT2D eigenvalue weighted by molar-refractivity contribution is 0.306. The van der Waals surface area contributed by atoms with Crippen molar-refractivity contribution in [2.24, 2.45) is 0 Å². The molecular weight excluding hydrogens is 442 g/mol. The van der Waals surface area contributed by atoms with Gasteiger partial charge in [-0.05, 0) is 70.9 Å². The number of rotatable bonds is 11. The summed E-state index contributed by atoms with van der Waals surface area (Å²) in [5, 5.41) is 17.1. The van der Waals surface area contributed by atoms with Crippen LogP contribution in [0.5, 0.6) is 5.75 Å². The van der Waals surface area contributed by atoms with Gasteiger partial charge in [0.25, 0.3) is 0 Å². The van der Waals surface area contributed by atoms with E-state index in [-0.39, 0.29) is 0 Å². The maximum Gasteiger partial charge on any atom is 0.214 e. The molecule has 0 unspecified atom stereocenters. The van der Waals surface area contributed by atoms with Gasteiger partial charge >= 0.3 is 0 Å². The van der Waals surface area contributed by atoms with Crippen LogP contribution in [0.25, 0.3) is 5.69 Å². The number of para-hydroxylation sites is 1. The first-order chi connectivity index (χ1) is 15.8. The van der Waals surface area contributed by atoms with Crippen molar-refractivity contribution in [1.29, 1.82) is 0 Å². The summed E-state index contributed by atoms with van der Waals surface area (Å²) in [5.41, 5.74) is 3.29. The van der Waals surface area contributed by atoms with Crippen molar-refractivity contribution in [3.05, 3.63) is 95.0 Å². The first-order valence-corrected chi connectivity index (χ1v) is 11.8. The normalized spacial score (nSPS) is 10.9. The third-order valence-electron chi connectivity index (χ3n) is 4.74. The van der Waals surface area contributed by atoms with E-state index in [1.165, 1.54) is 5.56 Å². The molecule has 0 saturated heterocycles. The van der Waals surface area contributed by atoms with E-state index >= 15 is 0 Å². The number of nitrogens with one attached hydrogen (secondary N) is 1. The van der Waals surface area contributed by atoms with Crippen LogP contribution in [0.1, 0.15) is 17.5 Å². The lowest BCUT2D eigenvalue weighted by atomic mass is 10.2. The Morgan fingerprint density at radius 3 is 2.44 bits per heavy atom. The summed E-state index contributed by atoms with van der Waals surface area (Å²) in [5.74, 6) is 1.80. The van der Waals surface area contributed by atoms with Crippen molar-refractivity contribution in [2.75, 3.05) is 12.3 Å². The van der Waals surface area contributed by atoms with Crippen LogP contribution in [0.4, 0.5) is 0 Å². The molecule has 0 amide bonds. The topological polar surface area (TPSA) is 64.9 Å². The number of halogens is 1. The predicted octanol–water partition coefficient (Wildman–Crippen LogP) is 5.17. The minimum absolute atomic E-state index is 0.528. The number of hydrogen-bond donors (Lipinski definition) is 1.